The van der Waals surface area contributed by atoms with E-state index in [-0.39, 0.29) is 0 Å². The average Bonchev–Trinajstić information content (AvgIpc) is 2.90. The van der Waals surface area contributed by atoms with Gasteiger partial charge < -0.3 is 10.6 Å². The number of aromatic nitrogens is 1. The molecule has 0 amide bonds. The third-order valence-corrected chi connectivity index (χ3v) is 3.99. The zero-order chi connectivity index (χ0) is 13.2. The number of nitrogens with two attached hydrogens (primary N) is 1. The number of hydrogen-bond donors (Lipinski definition) is 1. The first-order chi connectivity index (χ1) is 9.24. The quantitative estimate of drug-likeness (QED) is 0.740. The van der Waals surface area contributed by atoms with Crippen molar-refractivity contribution in [2.24, 2.45) is 0 Å². The smallest absolute Gasteiger partial charge is 0.0743 e. The first-order valence-electron chi connectivity index (χ1n) is 6.12. The molecule has 1 aromatic carbocycles. The number of thiophene rings is 1. The molecule has 0 fully saturated rings. The molecule has 96 valence electrons. The van der Waals surface area contributed by atoms with Gasteiger partial charge in [0, 0.05) is 34.9 Å². The summed E-state index contributed by atoms with van der Waals surface area (Å²) in [6.45, 7) is 0.904. The molecule has 2 N–H and O–H groups in total. The average molecular weight is 269 g/mol. The topological polar surface area (TPSA) is 42.2 Å². The van der Waals surface area contributed by atoms with E-state index in [9.17, 15) is 0 Å². The van der Waals surface area contributed by atoms with Gasteiger partial charge in [0.05, 0.1) is 12.1 Å². The Morgan fingerprint density at radius 1 is 1.26 bits per heavy atom. The Labute approximate surface area is 116 Å². The Morgan fingerprint density at radius 2 is 2.16 bits per heavy atom. The summed E-state index contributed by atoms with van der Waals surface area (Å²) in [6.07, 6.45) is 1.84. The summed E-state index contributed by atoms with van der Waals surface area (Å²) in [5, 5.41) is 3.24. The number of anilines is 2. The number of pyridine rings is 1. The van der Waals surface area contributed by atoms with E-state index in [2.05, 4.69) is 34.4 Å². The van der Waals surface area contributed by atoms with Gasteiger partial charge in [-0.05, 0) is 35.7 Å². The van der Waals surface area contributed by atoms with Gasteiger partial charge in [0.25, 0.3) is 0 Å². The number of nitrogens with zero attached hydrogens (tertiary/aromatic N) is 2. The molecule has 0 aliphatic heterocycles. The van der Waals surface area contributed by atoms with Crippen molar-refractivity contribution >= 4 is 33.6 Å². The van der Waals surface area contributed by atoms with Gasteiger partial charge in [-0.2, -0.15) is 0 Å². The van der Waals surface area contributed by atoms with Gasteiger partial charge >= 0.3 is 0 Å². The molecule has 0 aliphatic rings. The van der Waals surface area contributed by atoms with E-state index in [0.29, 0.717) is 0 Å². The van der Waals surface area contributed by atoms with Crippen LogP contribution in [0.4, 0.5) is 11.4 Å². The predicted molar refractivity (Wildman–Crippen MR) is 82.6 cm³/mol. The molecule has 0 radical (unpaired) electrons. The SMILES string of the molecule is CN(Cc1cccs1)c1ccnc2cc(N)ccc12. The van der Waals surface area contributed by atoms with Gasteiger partial charge in [0.2, 0.25) is 0 Å². The van der Waals surface area contributed by atoms with E-state index in [1.165, 1.54) is 10.6 Å². The van der Waals surface area contributed by atoms with Crippen molar-refractivity contribution in [3.8, 4) is 0 Å². The van der Waals surface area contributed by atoms with Crippen molar-refractivity contribution < 1.29 is 0 Å². The molecule has 0 atom stereocenters. The number of fused-ring (bicyclic) bond motifs is 1. The first kappa shape index (κ1) is 12.0. The summed E-state index contributed by atoms with van der Waals surface area (Å²) in [5.74, 6) is 0. The maximum atomic E-state index is 5.81. The van der Waals surface area contributed by atoms with Crippen molar-refractivity contribution in [3.05, 3.63) is 52.9 Å². The summed E-state index contributed by atoms with van der Waals surface area (Å²) in [6, 6.07) is 12.2. The molecule has 3 rings (SSSR count). The van der Waals surface area contributed by atoms with Crippen LogP contribution in [0.2, 0.25) is 0 Å². The standard InChI is InChI=1S/C15H15N3S/c1-18(10-12-3-2-8-19-12)15-6-7-17-14-9-11(16)4-5-13(14)15/h2-9H,10,16H2,1H3. The highest BCUT2D eigenvalue weighted by atomic mass is 32.1. The number of hydrogen-bond acceptors (Lipinski definition) is 4. The van der Waals surface area contributed by atoms with Crippen LogP contribution in [0.15, 0.2) is 48.0 Å². The fourth-order valence-electron chi connectivity index (χ4n) is 2.20. The molecule has 0 unspecified atom stereocenters. The summed E-state index contributed by atoms with van der Waals surface area (Å²) in [4.78, 5) is 7.97. The minimum atomic E-state index is 0.748. The third kappa shape index (κ3) is 2.39. The molecule has 4 heteroatoms. The van der Waals surface area contributed by atoms with E-state index in [1.54, 1.807) is 11.3 Å². The lowest BCUT2D eigenvalue weighted by Gasteiger charge is -2.20. The molecular formula is C15H15N3S. The summed E-state index contributed by atoms with van der Waals surface area (Å²) >= 11 is 1.78. The zero-order valence-electron chi connectivity index (χ0n) is 10.7. The molecule has 0 aliphatic carbocycles. The van der Waals surface area contributed by atoms with Crippen LogP contribution in [0.1, 0.15) is 4.88 Å². The second kappa shape index (κ2) is 4.90. The second-order valence-corrected chi connectivity index (χ2v) is 5.57. The normalized spacial score (nSPS) is 10.8. The van der Waals surface area contributed by atoms with Gasteiger partial charge in [-0.25, -0.2) is 0 Å². The van der Waals surface area contributed by atoms with Crippen LogP contribution in [-0.4, -0.2) is 12.0 Å². The van der Waals surface area contributed by atoms with Gasteiger partial charge in [-0.3, -0.25) is 4.98 Å². The molecule has 2 aromatic heterocycles. The predicted octanol–water partition coefficient (Wildman–Crippen LogP) is 3.51. The number of benzene rings is 1. The van der Waals surface area contributed by atoms with Crippen LogP contribution in [0, 0.1) is 0 Å². The van der Waals surface area contributed by atoms with Crippen LogP contribution >= 0.6 is 11.3 Å². The molecule has 19 heavy (non-hydrogen) atoms. The Kier molecular flexibility index (Phi) is 3.09. The minimum absolute atomic E-state index is 0.748. The second-order valence-electron chi connectivity index (χ2n) is 4.54. The molecule has 0 saturated heterocycles. The first-order valence-corrected chi connectivity index (χ1v) is 7.00. The van der Waals surface area contributed by atoms with Gasteiger partial charge in [-0.1, -0.05) is 6.07 Å². The maximum absolute atomic E-state index is 5.81. The van der Waals surface area contributed by atoms with Crippen molar-refractivity contribution in [1.29, 1.82) is 0 Å². The van der Waals surface area contributed by atoms with E-state index < -0.39 is 0 Å². The fraction of sp³-hybridized carbons (Fsp3) is 0.133. The Bertz CT molecular complexity index is 692. The lowest BCUT2D eigenvalue weighted by Crippen LogP contribution is -2.16. The van der Waals surface area contributed by atoms with E-state index >= 15 is 0 Å². The maximum Gasteiger partial charge on any atom is 0.0743 e. The Hall–Kier alpha value is -2.07. The van der Waals surface area contributed by atoms with E-state index in [0.717, 1.165) is 23.1 Å². The van der Waals surface area contributed by atoms with Crippen LogP contribution in [0.3, 0.4) is 0 Å². The monoisotopic (exact) mass is 269 g/mol. The van der Waals surface area contributed by atoms with E-state index in [1.807, 2.05) is 30.5 Å². The van der Waals surface area contributed by atoms with Crippen LogP contribution in [0.25, 0.3) is 10.9 Å². The molecular weight excluding hydrogens is 254 g/mol. The molecule has 0 spiro atoms. The van der Waals surface area contributed by atoms with Crippen LogP contribution in [0.5, 0.6) is 0 Å². The summed E-state index contributed by atoms with van der Waals surface area (Å²) < 4.78 is 0. The lowest BCUT2D eigenvalue weighted by atomic mass is 10.1. The van der Waals surface area contributed by atoms with Crippen LogP contribution < -0.4 is 10.6 Å². The molecule has 3 aromatic rings. The highest BCUT2D eigenvalue weighted by molar-refractivity contribution is 7.09. The highest BCUT2D eigenvalue weighted by Gasteiger charge is 2.08. The van der Waals surface area contributed by atoms with Crippen molar-refractivity contribution in [1.82, 2.24) is 4.98 Å². The highest BCUT2D eigenvalue weighted by Crippen LogP contribution is 2.27. The van der Waals surface area contributed by atoms with Gasteiger partial charge in [0.1, 0.15) is 0 Å². The third-order valence-electron chi connectivity index (χ3n) is 3.13. The molecule has 0 saturated carbocycles. The molecule has 0 bridgehead atoms. The molecule has 3 nitrogen and oxygen atoms in total. The van der Waals surface area contributed by atoms with Gasteiger partial charge in [0.15, 0.2) is 0 Å². The Balaban J connectivity index is 2.00. The summed E-state index contributed by atoms with van der Waals surface area (Å²) in [5.41, 5.74) is 8.68. The largest absolute Gasteiger partial charge is 0.399 e. The number of nitrogen functional groups attached to an aromatic ring is 1. The van der Waals surface area contributed by atoms with E-state index in [4.69, 9.17) is 5.73 Å². The lowest BCUT2D eigenvalue weighted by molar-refractivity contribution is 0.944. The fourth-order valence-corrected chi connectivity index (χ4v) is 2.96. The van der Waals surface area contributed by atoms with Crippen molar-refractivity contribution in [2.75, 3.05) is 17.7 Å². The summed E-state index contributed by atoms with van der Waals surface area (Å²) in [7, 11) is 2.10. The van der Waals surface area contributed by atoms with Crippen molar-refractivity contribution in [2.45, 2.75) is 6.54 Å². The zero-order valence-corrected chi connectivity index (χ0v) is 11.5. The molecule has 2 heterocycles. The minimum Gasteiger partial charge on any atom is -0.399 e. The van der Waals surface area contributed by atoms with Crippen LogP contribution in [-0.2, 0) is 6.54 Å². The Morgan fingerprint density at radius 3 is 2.95 bits per heavy atom. The van der Waals surface area contributed by atoms with Gasteiger partial charge in [-0.15, -0.1) is 11.3 Å². The number of rotatable bonds is 3. The van der Waals surface area contributed by atoms with Crippen molar-refractivity contribution in [3.63, 3.8) is 0 Å².